The van der Waals surface area contributed by atoms with Gasteiger partial charge in [0.2, 0.25) is 11.7 Å². The molecule has 0 atom stereocenters. The molecule has 0 radical (unpaired) electrons. The zero-order chi connectivity index (χ0) is 23.5. The van der Waals surface area contributed by atoms with Crippen LogP contribution in [0.3, 0.4) is 0 Å². The van der Waals surface area contributed by atoms with Crippen LogP contribution in [0.25, 0.3) is 16.6 Å². The van der Waals surface area contributed by atoms with Gasteiger partial charge in [-0.25, -0.2) is 4.98 Å². The van der Waals surface area contributed by atoms with Gasteiger partial charge in [0.15, 0.2) is 5.16 Å². The van der Waals surface area contributed by atoms with Gasteiger partial charge in [0, 0.05) is 16.8 Å². The molecule has 1 heterocycles. The van der Waals surface area contributed by atoms with E-state index in [2.05, 4.69) is 10.3 Å². The number of para-hydroxylation sites is 1. The molecule has 0 unspecified atom stereocenters. The molecule has 8 nitrogen and oxygen atoms in total. The lowest BCUT2D eigenvalue weighted by atomic mass is 10.2. The van der Waals surface area contributed by atoms with Crippen LogP contribution in [-0.2, 0) is 4.79 Å². The molecule has 166 valence electrons. The van der Waals surface area contributed by atoms with Gasteiger partial charge in [0.05, 0.1) is 27.3 Å². The number of amides is 1. The summed E-state index contributed by atoms with van der Waals surface area (Å²) >= 11 is 6.98. The van der Waals surface area contributed by atoms with Crippen molar-refractivity contribution in [1.82, 2.24) is 9.55 Å². The highest BCUT2D eigenvalue weighted by molar-refractivity contribution is 7.99. The molecule has 4 aromatic rings. The Bertz CT molecular complexity index is 1440. The highest BCUT2D eigenvalue weighted by atomic mass is 35.5. The first-order chi connectivity index (χ1) is 15.8. The number of hydrogen-bond acceptors (Lipinski definition) is 6. The van der Waals surface area contributed by atoms with E-state index >= 15 is 0 Å². The maximum atomic E-state index is 13.5. The van der Waals surface area contributed by atoms with Crippen molar-refractivity contribution < 1.29 is 14.1 Å². The van der Waals surface area contributed by atoms with Gasteiger partial charge < -0.3 is 5.32 Å². The summed E-state index contributed by atoms with van der Waals surface area (Å²) in [6.07, 6.45) is 0. The molecule has 3 aromatic carbocycles. The molecule has 33 heavy (non-hydrogen) atoms. The zero-order valence-electron chi connectivity index (χ0n) is 16.7. The summed E-state index contributed by atoms with van der Waals surface area (Å²) in [6.45, 7) is 0. The Labute approximate surface area is 195 Å². The minimum Gasteiger partial charge on any atom is -0.325 e. The van der Waals surface area contributed by atoms with Crippen molar-refractivity contribution in [3.05, 3.63) is 98.0 Å². The predicted molar refractivity (Wildman–Crippen MR) is 125 cm³/mol. The first-order valence-corrected chi connectivity index (χ1v) is 10.8. The summed E-state index contributed by atoms with van der Waals surface area (Å²) < 4.78 is 14.9. The smallest absolute Gasteiger partial charge is 0.306 e. The number of anilines is 1. The topological polar surface area (TPSA) is 107 Å². The molecule has 1 amide bonds. The number of halogens is 2. The van der Waals surface area contributed by atoms with Crippen molar-refractivity contribution in [3.8, 4) is 5.69 Å². The number of nitrogens with zero attached hydrogens (tertiary/aromatic N) is 3. The molecule has 4 rings (SSSR count). The second-order valence-electron chi connectivity index (χ2n) is 6.79. The molecule has 1 N–H and O–H groups in total. The molecular formula is C22H14ClFN4O4S. The highest BCUT2D eigenvalue weighted by Crippen LogP contribution is 2.24. The Morgan fingerprint density at radius 1 is 1.15 bits per heavy atom. The van der Waals surface area contributed by atoms with Crippen LogP contribution in [0.2, 0.25) is 5.02 Å². The van der Waals surface area contributed by atoms with Crippen LogP contribution < -0.4 is 10.9 Å². The average Bonchev–Trinajstić information content (AvgIpc) is 2.80. The Kier molecular flexibility index (Phi) is 6.38. The molecule has 0 spiro atoms. The Balaban J connectivity index is 1.63. The fourth-order valence-corrected chi connectivity index (χ4v) is 4.02. The van der Waals surface area contributed by atoms with E-state index < -0.39 is 22.3 Å². The normalized spacial score (nSPS) is 10.8. The largest absolute Gasteiger partial charge is 0.325 e. The second-order valence-corrected chi connectivity index (χ2v) is 8.17. The number of rotatable bonds is 6. The number of hydrogen-bond donors (Lipinski definition) is 1. The van der Waals surface area contributed by atoms with Gasteiger partial charge in [0.1, 0.15) is 0 Å². The summed E-state index contributed by atoms with van der Waals surface area (Å²) in [7, 11) is 0. The van der Waals surface area contributed by atoms with Crippen LogP contribution in [0.4, 0.5) is 15.8 Å². The van der Waals surface area contributed by atoms with Crippen molar-refractivity contribution >= 4 is 51.5 Å². The molecule has 1 aromatic heterocycles. The third kappa shape index (κ3) is 4.86. The van der Waals surface area contributed by atoms with Crippen molar-refractivity contribution in [3.63, 3.8) is 0 Å². The summed E-state index contributed by atoms with van der Waals surface area (Å²) in [5.41, 5.74) is 0.0352. The average molecular weight is 485 g/mol. The fourth-order valence-electron chi connectivity index (χ4n) is 3.08. The quantitative estimate of drug-likeness (QED) is 0.182. The van der Waals surface area contributed by atoms with Gasteiger partial charge in [-0.15, -0.1) is 0 Å². The maximum absolute atomic E-state index is 13.5. The van der Waals surface area contributed by atoms with Crippen molar-refractivity contribution in [1.29, 1.82) is 0 Å². The van der Waals surface area contributed by atoms with Crippen molar-refractivity contribution in [2.45, 2.75) is 5.16 Å². The lowest BCUT2D eigenvalue weighted by Gasteiger charge is -2.13. The molecule has 0 aliphatic rings. The SMILES string of the molecule is O=C(CSc1nc2ccccc2c(=O)n1-c1ccc(Cl)cc1)Nc1ccc(F)c([N+](=O)[O-])c1. The van der Waals surface area contributed by atoms with E-state index in [9.17, 15) is 24.1 Å². The molecule has 0 bridgehead atoms. The van der Waals surface area contributed by atoms with Crippen molar-refractivity contribution in [2.75, 3.05) is 11.1 Å². The Morgan fingerprint density at radius 2 is 1.88 bits per heavy atom. The molecule has 0 fully saturated rings. The highest BCUT2D eigenvalue weighted by Gasteiger charge is 2.17. The van der Waals surface area contributed by atoms with Crippen LogP contribution in [0, 0.1) is 15.9 Å². The number of nitro groups is 1. The lowest BCUT2D eigenvalue weighted by Crippen LogP contribution is -2.23. The number of fused-ring (bicyclic) bond motifs is 1. The van der Waals surface area contributed by atoms with Crippen LogP contribution in [-0.4, -0.2) is 26.1 Å². The first-order valence-electron chi connectivity index (χ1n) is 9.48. The fraction of sp³-hybridized carbons (Fsp3) is 0.0455. The number of thioether (sulfide) groups is 1. The third-order valence-electron chi connectivity index (χ3n) is 4.59. The van der Waals surface area contributed by atoms with Gasteiger partial charge in [0.25, 0.3) is 5.56 Å². The zero-order valence-corrected chi connectivity index (χ0v) is 18.3. The summed E-state index contributed by atoms with van der Waals surface area (Å²) in [5.74, 6) is -1.66. The minimum absolute atomic E-state index is 0.0789. The van der Waals surface area contributed by atoms with E-state index in [1.54, 1.807) is 48.5 Å². The molecule has 0 aliphatic heterocycles. The van der Waals surface area contributed by atoms with E-state index in [-0.39, 0.29) is 22.2 Å². The standard InChI is InChI=1S/C22H14ClFN4O4S/c23-13-5-8-15(9-6-13)27-21(30)16-3-1-2-4-18(16)26-22(27)33-12-20(29)25-14-7-10-17(24)19(11-14)28(31)32/h1-11H,12H2,(H,25,29). The lowest BCUT2D eigenvalue weighted by molar-refractivity contribution is -0.387. The van der Waals surface area contributed by atoms with Gasteiger partial charge in [-0.2, -0.15) is 4.39 Å². The number of aromatic nitrogens is 2. The monoisotopic (exact) mass is 484 g/mol. The Morgan fingerprint density at radius 3 is 2.61 bits per heavy atom. The van der Waals surface area contributed by atoms with E-state index in [1.165, 1.54) is 10.6 Å². The van der Waals surface area contributed by atoms with E-state index in [0.29, 0.717) is 21.6 Å². The van der Waals surface area contributed by atoms with Crippen LogP contribution in [0.1, 0.15) is 0 Å². The van der Waals surface area contributed by atoms with Gasteiger partial charge in [-0.3, -0.25) is 24.3 Å². The summed E-state index contributed by atoms with van der Waals surface area (Å²) in [5, 5.41) is 14.6. The predicted octanol–water partition coefficient (Wildman–Crippen LogP) is 4.82. The maximum Gasteiger partial charge on any atom is 0.306 e. The number of nitrogens with one attached hydrogen (secondary N) is 1. The molecule has 0 saturated carbocycles. The molecule has 0 saturated heterocycles. The Hall–Kier alpha value is -3.76. The molecule has 11 heteroatoms. The summed E-state index contributed by atoms with van der Waals surface area (Å²) in [6, 6.07) is 16.5. The second kappa shape index (κ2) is 9.39. The molecule has 0 aliphatic carbocycles. The number of nitro benzene ring substituents is 1. The first kappa shape index (κ1) is 22.4. The van der Waals surface area contributed by atoms with Crippen LogP contribution in [0.5, 0.6) is 0 Å². The summed E-state index contributed by atoms with van der Waals surface area (Å²) in [4.78, 5) is 40.2. The minimum atomic E-state index is -1.00. The van der Waals surface area contributed by atoms with Crippen LogP contribution in [0.15, 0.2) is 76.7 Å². The van der Waals surface area contributed by atoms with Gasteiger partial charge in [-0.1, -0.05) is 35.5 Å². The van der Waals surface area contributed by atoms with Gasteiger partial charge >= 0.3 is 5.69 Å². The number of benzene rings is 3. The third-order valence-corrected chi connectivity index (χ3v) is 5.78. The molecular weight excluding hydrogens is 471 g/mol. The van der Waals surface area contributed by atoms with Crippen LogP contribution >= 0.6 is 23.4 Å². The number of carbonyl (C=O) groups is 1. The van der Waals surface area contributed by atoms with E-state index in [0.717, 1.165) is 23.9 Å². The van der Waals surface area contributed by atoms with E-state index in [4.69, 9.17) is 11.6 Å². The van der Waals surface area contributed by atoms with Crippen molar-refractivity contribution in [2.24, 2.45) is 0 Å². The number of carbonyl (C=O) groups excluding carboxylic acids is 1. The van der Waals surface area contributed by atoms with Gasteiger partial charge in [-0.05, 0) is 48.5 Å². The van der Waals surface area contributed by atoms with E-state index in [1.807, 2.05) is 0 Å².